The zero-order chi connectivity index (χ0) is 16.4. The van der Waals surface area contributed by atoms with Crippen LogP contribution in [0.3, 0.4) is 0 Å². The van der Waals surface area contributed by atoms with E-state index in [9.17, 15) is 13.2 Å². The molecule has 3 rings (SSSR count). The zero-order valence-electron chi connectivity index (χ0n) is 12.6. The lowest BCUT2D eigenvalue weighted by atomic mass is 10.0. The number of hydrogen-bond donors (Lipinski definition) is 1. The van der Waals surface area contributed by atoms with Crippen LogP contribution in [-0.4, -0.2) is 56.2 Å². The number of sulfonamides is 1. The number of carboxylic acids is 1. The van der Waals surface area contributed by atoms with Crippen LogP contribution in [0.1, 0.15) is 17.5 Å². The average Bonchev–Trinajstić information content (AvgIpc) is 3.02. The summed E-state index contributed by atoms with van der Waals surface area (Å²) < 4.78 is 37.4. The number of fused-ring (bicyclic) bond motifs is 1. The van der Waals surface area contributed by atoms with Crippen LogP contribution in [0.2, 0.25) is 0 Å². The number of rotatable bonds is 5. The molecule has 1 atom stereocenters. The lowest BCUT2D eigenvalue weighted by Gasteiger charge is -2.20. The molecular formula is C15H19NO6S. The number of nitrogens with zero attached hydrogens (tertiary/aromatic N) is 1. The van der Waals surface area contributed by atoms with Crippen molar-refractivity contribution in [2.75, 3.05) is 26.3 Å². The van der Waals surface area contributed by atoms with Crippen molar-refractivity contribution in [2.24, 2.45) is 0 Å². The predicted molar refractivity (Wildman–Crippen MR) is 80.6 cm³/mol. The van der Waals surface area contributed by atoms with Crippen LogP contribution in [0, 0.1) is 0 Å². The van der Waals surface area contributed by atoms with Gasteiger partial charge in [0.25, 0.3) is 0 Å². The standard InChI is InChI=1S/C15H19NO6S/c17-15(18)10-22-13-3-5-16(8-13)23(19,20)14-2-1-11-4-6-21-9-12(11)7-14/h1-2,7,13H,3-6,8-10H2,(H,17,18)/t13-/m0/s1. The summed E-state index contributed by atoms with van der Waals surface area (Å²) in [5.74, 6) is -1.05. The van der Waals surface area contributed by atoms with Gasteiger partial charge < -0.3 is 14.6 Å². The summed E-state index contributed by atoms with van der Waals surface area (Å²) in [5, 5.41) is 8.62. The van der Waals surface area contributed by atoms with Crippen LogP contribution < -0.4 is 0 Å². The van der Waals surface area contributed by atoms with Crippen molar-refractivity contribution in [3.63, 3.8) is 0 Å². The maximum atomic E-state index is 12.7. The van der Waals surface area contributed by atoms with Gasteiger partial charge in [-0.05, 0) is 36.1 Å². The maximum Gasteiger partial charge on any atom is 0.329 e. The highest BCUT2D eigenvalue weighted by molar-refractivity contribution is 7.89. The van der Waals surface area contributed by atoms with Gasteiger partial charge in [0.15, 0.2) is 0 Å². The number of hydrogen-bond acceptors (Lipinski definition) is 5. The molecule has 1 fully saturated rings. The first-order valence-electron chi connectivity index (χ1n) is 7.50. The second kappa shape index (κ2) is 6.56. The van der Waals surface area contributed by atoms with Gasteiger partial charge in [-0.15, -0.1) is 0 Å². The third-order valence-electron chi connectivity index (χ3n) is 4.14. The Morgan fingerprint density at radius 2 is 2.22 bits per heavy atom. The van der Waals surface area contributed by atoms with Crippen LogP contribution in [0.5, 0.6) is 0 Å². The molecular weight excluding hydrogens is 322 g/mol. The number of aliphatic carboxylic acids is 1. The van der Waals surface area contributed by atoms with Crippen molar-refractivity contribution in [2.45, 2.75) is 30.4 Å². The number of carboxylic acid groups (broad SMARTS) is 1. The lowest BCUT2D eigenvalue weighted by Crippen LogP contribution is -2.31. The Morgan fingerprint density at radius 3 is 3.00 bits per heavy atom. The molecule has 1 aromatic rings. The van der Waals surface area contributed by atoms with E-state index < -0.39 is 22.6 Å². The molecule has 126 valence electrons. The molecule has 0 amide bonds. The van der Waals surface area contributed by atoms with Gasteiger partial charge in [-0.1, -0.05) is 6.07 Å². The third kappa shape index (κ3) is 3.55. The fourth-order valence-electron chi connectivity index (χ4n) is 2.90. The highest BCUT2D eigenvalue weighted by Gasteiger charge is 2.33. The summed E-state index contributed by atoms with van der Waals surface area (Å²) in [4.78, 5) is 10.8. The first kappa shape index (κ1) is 16.4. The van der Waals surface area contributed by atoms with Crippen LogP contribution >= 0.6 is 0 Å². The quantitative estimate of drug-likeness (QED) is 0.844. The first-order valence-corrected chi connectivity index (χ1v) is 8.94. The smallest absolute Gasteiger partial charge is 0.329 e. The number of carbonyl (C=O) groups is 1. The summed E-state index contributed by atoms with van der Waals surface area (Å²) in [6, 6.07) is 5.15. The summed E-state index contributed by atoms with van der Waals surface area (Å²) >= 11 is 0. The van der Waals surface area contributed by atoms with E-state index in [-0.39, 0.29) is 17.5 Å². The van der Waals surface area contributed by atoms with Crippen molar-refractivity contribution in [3.05, 3.63) is 29.3 Å². The van der Waals surface area contributed by atoms with Gasteiger partial charge in [0.1, 0.15) is 6.61 Å². The highest BCUT2D eigenvalue weighted by atomic mass is 32.2. The number of ether oxygens (including phenoxy) is 2. The minimum Gasteiger partial charge on any atom is -0.480 e. The summed E-state index contributed by atoms with van der Waals surface area (Å²) in [5.41, 5.74) is 2.04. The Hall–Kier alpha value is -1.48. The van der Waals surface area contributed by atoms with Crippen LogP contribution in [-0.2, 0) is 37.3 Å². The molecule has 7 nitrogen and oxygen atoms in total. The topological polar surface area (TPSA) is 93.1 Å². The maximum absolute atomic E-state index is 12.7. The summed E-state index contributed by atoms with van der Waals surface area (Å²) in [6.07, 6.45) is 0.923. The molecule has 8 heteroatoms. The molecule has 0 unspecified atom stereocenters. The number of benzene rings is 1. The molecule has 0 aromatic heterocycles. The molecule has 2 aliphatic heterocycles. The summed E-state index contributed by atoms with van der Waals surface area (Å²) in [7, 11) is -3.59. The van der Waals surface area contributed by atoms with E-state index in [1.54, 1.807) is 12.1 Å². The minimum absolute atomic E-state index is 0.184. The Bertz CT molecular complexity index is 702. The normalized spacial score (nSPS) is 22.0. The Labute approximate surface area is 134 Å². The van der Waals surface area contributed by atoms with Crippen LogP contribution in [0.25, 0.3) is 0 Å². The first-order chi connectivity index (χ1) is 11.0. The van der Waals surface area contributed by atoms with Crippen molar-refractivity contribution in [1.29, 1.82) is 0 Å². The molecule has 2 aliphatic rings. The molecule has 0 radical (unpaired) electrons. The fourth-order valence-corrected chi connectivity index (χ4v) is 4.43. The molecule has 1 N–H and O–H groups in total. The molecule has 0 bridgehead atoms. The van der Waals surface area contributed by atoms with Crippen LogP contribution in [0.4, 0.5) is 0 Å². The minimum atomic E-state index is -3.59. The molecule has 1 saturated heterocycles. The van der Waals surface area contributed by atoms with Gasteiger partial charge in [-0.2, -0.15) is 4.31 Å². The monoisotopic (exact) mass is 341 g/mol. The van der Waals surface area contributed by atoms with Gasteiger partial charge in [-0.25, -0.2) is 13.2 Å². The van der Waals surface area contributed by atoms with E-state index >= 15 is 0 Å². The Balaban J connectivity index is 1.73. The van der Waals surface area contributed by atoms with Gasteiger partial charge in [-0.3, -0.25) is 0 Å². The largest absolute Gasteiger partial charge is 0.480 e. The van der Waals surface area contributed by atoms with E-state index in [4.69, 9.17) is 14.6 Å². The second-order valence-corrected chi connectivity index (χ2v) is 7.65. The highest BCUT2D eigenvalue weighted by Crippen LogP contribution is 2.26. The van der Waals surface area contributed by atoms with E-state index in [2.05, 4.69) is 0 Å². The van der Waals surface area contributed by atoms with Crippen molar-refractivity contribution >= 4 is 16.0 Å². The van der Waals surface area contributed by atoms with Gasteiger partial charge >= 0.3 is 5.97 Å². The summed E-state index contributed by atoms with van der Waals surface area (Å²) in [6.45, 7) is 1.20. The van der Waals surface area contributed by atoms with E-state index in [0.29, 0.717) is 26.2 Å². The molecule has 1 aromatic carbocycles. The van der Waals surface area contributed by atoms with Crippen molar-refractivity contribution < 1.29 is 27.8 Å². The molecule has 0 aliphatic carbocycles. The van der Waals surface area contributed by atoms with Gasteiger partial charge in [0.05, 0.1) is 24.2 Å². The van der Waals surface area contributed by atoms with Gasteiger partial charge in [0, 0.05) is 13.1 Å². The SMILES string of the molecule is O=C(O)CO[C@H]1CCN(S(=O)(=O)c2ccc3c(c2)COCC3)C1. The van der Waals surface area contributed by atoms with Crippen LogP contribution in [0.15, 0.2) is 23.1 Å². The van der Waals surface area contributed by atoms with Gasteiger partial charge in [0.2, 0.25) is 10.0 Å². The Morgan fingerprint density at radius 1 is 1.39 bits per heavy atom. The van der Waals surface area contributed by atoms with E-state index in [1.807, 2.05) is 6.07 Å². The predicted octanol–water partition coefficient (Wildman–Crippen LogP) is 0.623. The third-order valence-corrected chi connectivity index (χ3v) is 6.00. The second-order valence-electron chi connectivity index (χ2n) is 5.71. The molecule has 0 spiro atoms. The fraction of sp³-hybridized carbons (Fsp3) is 0.533. The molecule has 23 heavy (non-hydrogen) atoms. The zero-order valence-corrected chi connectivity index (χ0v) is 13.4. The van der Waals surface area contributed by atoms with E-state index in [1.165, 1.54) is 4.31 Å². The average molecular weight is 341 g/mol. The van der Waals surface area contributed by atoms with Crippen molar-refractivity contribution in [1.82, 2.24) is 4.31 Å². The van der Waals surface area contributed by atoms with E-state index in [0.717, 1.165) is 17.5 Å². The molecule has 0 saturated carbocycles. The Kier molecular flexibility index (Phi) is 4.67. The van der Waals surface area contributed by atoms with Crippen molar-refractivity contribution in [3.8, 4) is 0 Å². The molecule has 2 heterocycles. The lowest BCUT2D eigenvalue weighted by molar-refractivity contribution is -0.144.